The summed E-state index contributed by atoms with van der Waals surface area (Å²) in [6.07, 6.45) is 2.55. The van der Waals surface area contributed by atoms with Gasteiger partial charge in [0.05, 0.1) is 5.69 Å². The summed E-state index contributed by atoms with van der Waals surface area (Å²) < 4.78 is 14.5. The van der Waals surface area contributed by atoms with Crippen LogP contribution in [-0.4, -0.2) is 25.8 Å². The van der Waals surface area contributed by atoms with Gasteiger partial charge in [-0.25, -0.2) is 18.9 Å². The Kier molecular flexibility index (Phi) is 2.17. The van der Waals surface area contributed by atoms with Crippen molar-refractivity contribution in [1.82, 2.24) is 14.8 Å². The van der Waals surface area contributed by atoms with Gasteiger partial charge in [0.15, 0.2) is 0 Å². The van der Waals surface area contributed by atoms with Gasteiger partial charge in [-0.2, -0.15) is 5.10 Å². The zero-order valence-electron chi connectivity index (χ0n) is 7.46. The Bertz CT molecular complexity index is 496. The van der Waals surface area contributed by atoms with Gasteiger partial charge >= 0.3 is 5.97 Å². The molecular weight excluding hydrogens is 201 g/mol. The highest BCUT2D eigenvalue weighted by Crippen LogP contribution is 2.16. The molecule has 0 spiro atoms. The molecule has 0 atom stereocenters. The standard InChI is InChI=1S/C9H6FN3O2/c10-6-2-1-3-7(8(6)9(14)15)13-5-11-4-12-13/h1-5H,(H,14,15). The van der Waals surface area contributed by atoms with Gasteiger partial charge in [-0.3, -0.25) is 0 Å². The van der Waals surface area contributed by atoms with E-state index in [-0.39, 0.29) is 5.69 Å². The maximum atomic E-state index is 13.3. The molecule has 0 bridgehead atoms. The van der Waals surface area contributed by atoms with Crippen molar-refractivity contribution in [3.05, 3.63) is 42.2 Å². The molecule has 1 aromatic carbocycles. The molecule has 2 rings (SSSR count). The van der Waals surface area contributed by atoms with Crippen LogP contribution in [0.1, 0.15) is 10.4 Å². The number of aromatic carboxylic acids is 1. The van der Waals surface area contributed by atoms with Crippen LogP contribution in [0.15, 0.2) is 30.9 Å². The number of aromatic nitrogens is 3. The Labute approximate surface area is 83.8 Å². The first-order valence-corrected chi connectivity index (χ1v) is 4.07. The summed E-state index contributed by atoms with van der Waals surface area (Å²) in [7, 11) is 0. The normalized spacial score (nSPS) is 10.2. The Balaban J connectivity index is 2.66. The molecule has 0 aliphatic carbocycles. The van der Waals surface area contributed by atoms with Gasteiger partial charge in [-0.05, 0) is 12.1 Å². The fourth-order valence-electron chi connectivity index (χ4n) is 1.25. The third-order valence-corrected chi connectivity index (χ3v) is 1.87. The predicted octanol–water partition coefficient (Wildman–Crippen LogP) is 1.10. The second-order valence-electron chi connectivity index (χ2n) is 2.78. The molecule has 5 nitrogen and oxygen atoms in total. The summed E-state index contributed by atoms with van der Waals surface area (Å²) >= 11 is 0. The molecule has 76 valence electrons. The lowest BCUT2D eigenvalue weighted by atomic mass is 10.1. The SMILES string of the molecule is O=C(O)c1c(F)cccc1-n1cncn1. The van der Waals surface area contributed by atoms with E-state index < -0.39 is 17.3 Å². The van der Waals surface area contributed by atoms with E-state index in [1.807, 2.05) is 0 Å². The Morgan fingerprint density at radius 2 is 2.27 bits per heavy atom. The topological polar surface area (TPSA) is 68.0 Å². The summed E-state index contributed by atoms with van der Waals surface area (Å²) in [6, 6.07) is 3.96. The predicted molar refractivity (Wildman–Crippen MR) is 48.3 cm³/mol. The third kappa shape index (κ3) is 1.56. The number of nitrogens with zero attached hydrogens (tertiary/aromatic N) is 3. The van der Waals surface area contributed by atoms with Gasteiger partial charge < -0.3 is 5.11 Å². The molecule has 0 saturated heterocycles. The highest BCUT2D eigenvalue weighted by molar-refractivity contribution is 5.92. The Hall–Kier alpha value is -2.24. The maximum Gasteiger partial charge on any atom is 0.340 e. The number of halogens is 1. The maximum absolute atomic E-state index is 13.3. The van der Waals surface area contributed by atoms with E-state index in [4.69, 9.17) is 5.11 Å². The number of carbonyl (C=O) groups is 1. The van der Waals surface area contributed by atoms with Crippen LogP contribution >= 0.6 is 0 Å². The fourth-order valence-corrected chi connectivity index (χ4v) is 1.25. The number of hydrogen-bond donors (Lipinski definition) is 1. The zero-order valence-corrected chi connectivity index (χ0v) is 7.46. The van der Waals surface area contributed by atoms with Gasteiger partial charge in [0.1, 0.15) is 24.0 Å². The van der Waals surface area contributed by atoms with Crippen LogP contribution in [0.2, 0.25) is 0 Å². The molecule has 15 heavy (non-hydrogen) atoms. The summed E-state index contributed by atoms with van der Waals surface area (Å²) in [6.45, 7) is 0. The van der Waals surface area contributed by atoms with Crippen molar-refractivity contribution in [1.29, 1.82) is 0 Å². The lowest BCUT2D eigenvalue weighted by Gasteiger charge is -2.05. The largest absolute Gasteiger partial charge is 0.478 e. The number of benzene rings is 1. The first kappa shape index (κ1) is 9.32. The summed E-state index contributed by atoms with van der Waals surface area (Å²) in [5.41, 5.74) is -0.261. The van der Waals surface area contributed by atoms with Crippen molar-refractivity contribution in [2.75, 3.05) is 0 Å². The van der Waals surface area contributed by atoms with Crippen molar-refractivity contribution < 1.29 is 14.3 Å². The highest BCUT2D eigenvalue weighted by Gasteiger charge is 2.16. The van der Waals surface area contributed by atoms with E-state index in [2.05, 4.69) is 10.1 Å². The van der Waals surface area contributed by atoms with Crippen molar-refractivity contribution in [2.45, 2.75) is 0 Å². The van der Waals surface area contributed by atoms with Gasteiger partial charge in [0.2, 0.25) is 0 Å². The van der Waals surface area contributed by atoms with Crippen LogP contribution in [-0.2, 0) is 0 Å². The number of carboxylic acids is 1. The van der Waals surface area contributed by atoms with Gasteiger partial charge in [-0.1, -0.05) is 6.07 Å². The fraction of sp³-hybridized carbons (Fsp3) is 0. The van der Waals surface area contributed by atoms with Crippen LogP contribution < -0.4 is 0 Å². The first-order chi connectivity index (χ1) is 7.20. The average Bonchev–Trinajstić information content (AvgIpc) is 2.69. The Morgan fingerprint density at radius 3 is 2.87 bits per heavy atom. The molecular formula is C9H6FN3O2. The molecule has 0 amide bonds. The number of rotatable bonds is 2. The number of hydrogen-bond acceptors (Lipinski definition) is 3. The molecule has 6 heteroatoms. The van der Waals surface area contributed by atoms with E-state index >= 15 is 0 Å². The molecule has 0 aliphatic rings. The lowest BCUT2D eigenvalue weighted by Crippen LogP contribution is -2.08. The molecule has 0 aliphatic heterocycles. The molecule has 1 aromatic heterocycles. The molecule has 0 radical (unpaired) electrons. The molecule has 1 N–H and O–H groups in total. The van der Waals surface area contributed by atoms with Crippen LogP contribution in [0.4, 0.5) is 4.39 Å². The van der Waals surface area contributed by atoms with Crippen molar-refractivity contribution in [2.24, 2.45) is 0 Å². The molecule has 0 saturated carbocycles. The van der Waals surface area contributed by atoms with Crippen molar-refractivity contribution in [3.63, 3.8) is 0 Å². The van der Waals surface area contributed by atoms with Gasteiger partial charge in [0, 0.05) is 0 Å². The second-order valence-corrected chi connectivity index (χ2v) is 2.78. The van der Waals surface area contributed by atoms with Crippen molar-refractivity contribution in [3.8, 4) is 5.69 Å². The van der Waals surface area contributed by atoms with E-state index in [9.17, 15) is 9.18 Å². The lowest BCUT2D eigenvalue weighted by molar-refractivity contribution is 0.0691. The molecule has 0 fully saturated rings. The second kappa shape index (κ2) is 3.49. The third-order valence-electron chi connectivity index (χ3n) is 1.87. The van der Waals surface area contributed by atoms with Crippen LogP contribution in [0, 0.1) is 5.82 Å². The number of carboxylic acid groups (broad SMARTS) is 1. The minimum absolute atomic E-state index is 0.153. The summed E-state index contributed by atoms with van der Waals surface area (Å²) in [5, 5.41) is 12.6. The molecule has 1 heterocycles. The summed E-state index contributed by atoms with van der Waals surface area (Å²) in [5.74, 6) is -2.13. The van der Waals surface area contributed by atoms with Crippen LogP contribution in [0.5, 0.6) is 0 Å². The zero-order chi connectivity index (χ0) is 10.8. The summed E-state index contributed by atoms with van der Waals surface area (Å²) in [4.78, 5) is 14.5. The Morgan fingerprint density at radius 1 is 1.47 bits per heavy atom. The van der Waals surface area contributed by atoms with Crippen LogP contribution in [0.25, 0.3) is 5.69 Å². The monoisotopic (exact) mass is 207 g/mol. The molecule has 2 aromatic rings. The van der Waals surface area contributed by atoms with E-state index in [1.165, 1.54) is 29.5 Å². The quantitative estimate of drug-likeness (QED) is 0.800. The van der Waals surface area contributed by atoms with Crippen LogP contribution in [0.3, 0.4) is 0 Å². The highest BCUT2D eigenvalue weighted by atomic mass is 19.1. The van der Waals surface area contributed by atoms with E-state index in [1.54, 1.807) is 0 Å². The van der Waals surface area contributed by atoms with Gasteiger partial charge in [-0.15, -0.1) is 0 Å². The smallest absolute Gasteiger partial charge is 0.340 e. The van der Waals surface area contributed by atoms with Gasteiger partial charge in [0.25, 0.3) is 0 Å². The minimum atomic E-state index is -1.33. The van der Waals surface area contributed by atoms with Crippen molar-refractivity contribution >= 4 is 5.97 Å². The first-order valence-electron chi connectivity index (χ1n) is 4.07. The van der Waals surface area contributed by atoms with E-state index in [0.29, 0.717) is 0 Å². The minimum Gasteiger partial charge on any atom is -0.478 e. The average molecular weight is 207 g/mol. The van der Waals surface area contributed by atoms with E-state index in [0.717, 1.165) is 6.07 Å². The molecule has 0 unspecified atom stereocenters.